The maximum atomic E-state index is 11.6. The monoisotopic (exact) mass is 304 g/mol. The Hall–Kier alpha value is -1.77. The first-order valence-electron chi connectivity index (χ1n) is 6.05. The van der Waals surface area contributed by atoms with E-state index in [1.54, 1.807) is 12.1 Å². The number of hydrogen-bond donors (Lipinski definition) is 0. The number of rotatable bonds is 2. The molecule has 2 nitrogen and oxygen atoms in total. The van der Waals surface area contributed by atoms with Crippen molar-refractivity contribution in [1.29, 1.82) is 0 Å². The van der Waals surface area contributed by atoms with E-state index in [9.17, 15) is 4.79 Å². The van der Waals surface area contributed by atoms with E-state index < -0.39 is 5.24 Å². The smallest absolute Gasteiger partial charge is 0.288 e. The second-order valence-electron chi connectivity index (χ2n) is 4.59. The highest BCUT2D eigenvalue weighted by Gasteiger charge is 2.20. The zero-order chi connectivity index (χ0) is 14.3. The fourth-order valence-corrected chi connectivity index (χ4v) is 2.51. The van der Waals surface area contributed by atoms with Crippen LogP contribution in [0, 0.1) is 6.92 Å². The molecule has 3 rings (SSSR count). The zero-order valence-electron chi connectivity index (χ0n) is 10.6. The van der Waals surface area contributed by atoms with E-state index in [1.807, 2.05) is 37.3 Å². The summed E-state index contributed by atoms with van der Waals surface area (Å²) in [6.07, 6.45) is 0. The minimum Gasteiger partial charge on any atom is -0.451 e. The van der Waals surface area contributed by atoms with Crippen LogP contribution in [0.4, 0.5) is 0 Å². The largest absolute Gasteiger partial charge is 0.451 e. The van der Waals surface area contributed by atoms with E-state index in [0.29, 0.717) is 16.2 Å². The Kier molecular flexibility index (Phi) is 3.28. The molecule has 4 heteroatoms. The van der Waals surface area contributed by atoms with Gasteiger partial charge in [-0.05, 0) is 48.4 Å². The van der Waals surface area contributed by atoms with Gasteiger partial charge in [0.2, 0.25) is 0 Å². The third-order valence-corrected chi connectivity index (χ3v) is 3.58. The van der Waals surface area contributed by atoms with Crippen LogP contribution in [0.15, 0.2) is 46.9 Å². The minimum absolute atomic E-state index is 0.162. The van der Waals surface area contributed by atoms with Gasteiger partial charge in [0.25, 0.3) is 5.24 Å². The number of halogens is 2. The van der Waals surface area contributed by atoms with E-state index in [-0.39, 0.29) is 5.76 Å². The molecule has 1 aromatic heterocycles. The van der Waals surface area contributed by atoms with Crippen molar-refractivity contribution in [3.8, 4) is 11.1 Å². The van der Waals surface area contributed by atoms with Crippen LogP contribution in [-0.2, 0) is 0 Å². The van der Waals surface area contributed by atoms with Gasteiger partial charge in [-0.3, -0.25) is 4.79 Å². The summed E-state index contributed by atoms with van der Waals surface area (Å²) in [6.45, 7) is 1.99. The molecule has 0 amide bonds. The van der Waals surface area contributed by atoms with Gasteiger partial charge >= 0.3 is 0 Å². The van der Waals surface area contributed by atoms with E-state index in [0.717, 1.165) is 16.5 Å². The summed E-state index contributed by atoms with van der Waals surface area (Å²) in [5.41, 5.74) is 3.29. The second-order valence-corrected chi connectivity index (χ2v) is 5.37. The lowest BCUT2D eigenvalue weighted by molar-refractivity contribution is 0.106. The van der Waals surface area contributed by atoms with Gasteiger partial charge in [-0.25, -0.2) is 0 Å². The van der Waals surface area contributed by atoms with Gasteiger partial charge in [0.05, 0.1) is 0 Å². The Morgan fingerprint density at radius 3 is 2.45 bits per heavy atom. The van der Waals surface area contributed by atoms with Crippen molar-refractivity contribution in [3.63, 3.8) is 0 Å². The van der Waals surface area contributed by atoms with Gasteiger partial charge in [0.15, 0.2) is 5.76 Å². The lowest BCUT2D eigenvalue weighted by atomic mass is 10.0. The standard InChI is InChI=1S/C16H10Cl2O2/c1-9-2-7-13-12(8-9)14(15(20-13)16(18)19)10-3-5-11(17)6-4-10/h2-8H,1H3. The maximum Gasteiger partial charge on any atom is 0.288 e. The van der Waals surface area contributed by atoms with Crippen molar-refractivity contribution in [2.75, 3.05) is 0 Å². The average Bonchev–Trinajstić information content (AvgIpc) is 2.78. The average molecular weight is 305 g/mol. The predicted molar refractivity (Wildman–Crippen MR) is 81.6 cm³/mol. The molecule has 0 aliphatic rings. The summed E-state index contributed by atoms with van der Waals surface area (Å²) in [4.78, 5) is 11.6. The number of fused-ring (bicyclic) bond motifs is 1. The molecule has 0 N–H and O–H groups in total. The first-order valence-corrected chi connectivity index (χ1v) is 6.81. The van der Waals surface area contributed by atoms with Crippen LogP contribution in [-0.4, -0.2) is 5.24 Å². The number of carbonyl (C=O) groups is 1. The summed E-state index contributed by atoms with van der Waals surface area (Å²) < 4.78 is 5.59. The molecule has 3 aromatic rings. The quantitative estimate of drug-likeness (QED) is 0.590. The first kappa shape index (κ1) is 13.2. The van der Waals surface area contributed by atoms with Crippen molar-refractivity contribution in [2.24, 2.45) is 0 Å². The van der Waals surface area contributed by atoms with Crippen molar-refractivity contribution in [1.82, 2.24) is 0 Å². The molecule has 20 heavy (non-hydrogen) atoms. The Morgan fingerprint density at radius 2 is 1.80 bits per heavy atom. The highest BCUT2D eigenvalue weighted by Crippen LogP contribution is 2.36. The summed E-state index contributed by atoms with van der Waals surface area (Å²) in [6, 6.07) is 13.0. The highest BCUT2D eigenvalue weighted by molar-refractivity contribution is 6.68. The predicted octanol–water partition coefficient (Wildman–Crippen LogP) is 5.44. The van der Waals surface area contributed by atoms with Crippen molar-refractivity contribution in [3.05, 3.63) is 58.8 Å². The minimum atomic E-state index is -0.608. The summed E-state index contributed by atoms with van der Waals surface area (Å²) >= 11 is 11.5. The number of benzene rings is 2. The van der Waals surface area contributed by atoms with E-state index >= 15 is 0 Å². The molecule has 0 saturated carbocycles. The molecule has 1 heterocycles. The molecular formula is C16H10Cl2O2. The van der Waals surface area contributed by atoms with Gasteiger partial charge in [-0.2, -0.15) is 0 Å². The third kappa shape index (κ3) is 2.21. The normalized spacial score (nSPS) is 10.9. The second kappa shape index (κ2) is 4.97. The van der Waals surface area contributed by atoms with Gasteiger partial charge in [0, 0.05) is 16.0 Å². The summed E-state index contributed by atoms with van der Waals surface area (Å²) in [5.74, 6) is 0.162. The third-order valence-electron chi connectivity index (χ3n) is 3.15. The Balaban J connectivity index is 2.36. The van der Waals surface area contributed by atoms with Gasteiger partial charge < -0.3 is 4.42 Å². The topological polar surface area (TPSA) is 30.2 Å². The van der Waals surface area contributed by atoms with Crippen LogP contribution in [0.2, 0.25) is 5.02 Å². The molecule has 0 radical (unpaired) electrons. The molecule has 0 spiro atoms. The van der Waals surface area contributed by atoms with Crippen LogP contribution in [0.5, 0.6) is 0 Å². The molecule has 0 unspecified atom stereocenters. The van der Waals surface area contributed by atoms with Crippen LogP contribution in [0.3, 0.4) is 0 Å². The summed E-state index contributed by atoms with van der Waals surface area (Å²) in [7, 11) is 0. The van der Waals surface area contributed by atoms with Crippen LogP contribution in [0.1, 0.15) is 16.1 Å². The fraction of sp³-hybridized carbons (Fsp3) is 0.0625. The maximum absolute atomic E-state index is 11.6. The van der Waals surface area contributed by atoms with Gasteiger partial charge in [-0.1, -0.05) is 35.4 Å². The number of hydrogen-bond acceptors (Lipinski definition) is 2. The lowest BCUT2D eigenvalue weighted by Gasteiger charge is -2.01. The van der Waals surface area contributed by atoms with E-state index in [2.05, 4.69) is 0 Å². The molecule has 0 bridgehead atoms. The van der Waals surface area contributed by atoms with E-state index in [4.69, 9.17) is 27.6 Å². The first-order chi connectivity index (χ1) is 9.56. The molecule has 100 valence electrons. The Labute approximate surface area is 125 Å². The van der Waals surface area contributed by atoms with Crippen LogP contribution < -0.4 is 0 Å². The molecule has 0 aliphatic heterocycles. The van der Waals surface area contributed by atoms with Crippen molar-refractivity contribution >= 4 is 39.4 Å². The van der Waals surface area contributed by atoms with E-state index in [1.165, 1.54) is 0 Å². The molecule has 0 saturated heterocycles. The van der Waals surface area contributed by atoms with Crippen molar-refractivity contribution in [2.45, 2.75) is 6.92 Å². The zero-order valence-corrected chi connectivity index (χ0v) is 12.1. The Bertz CT molecular complexity index is 801. The van der Waals surface area contributed by atoms with Gasteiger partial charge in [-0.15, -0.1) is 0 Å². The molecule has 2 aromatic carbocycles. The summed E-state index contributed by atoms with van der Waals surface area (Å²) in [5, 5.41) is 0.900. The Morgan fingerprint density at radius 1 is 1.10 bits per heavy atom. The molecule has 0 aliphatic carbocycles. The van der Waals surface area contributed by atoms with Crippen LogP contribution in [0.25, 0.3) is 22.1 Å². The fourth-order valence-electron chi connectivity index (χ4n) is 2.25. The molecule has 0 atom stereocenters. The molecular weight excluding hydrogens is 295 g/mol. The SMILES string of the molecule is Cc1ccc2oc(C(=O)Cl)c(-c3ccc(Cl)cc3)c2c1. The van der Waals surface area contributed by atoms with Crippen molar-refractivity contribution < 1.29 is 9.21 Å². The highest BCUT2D eigenvalue weighted by atomic mass is 35.5. The number of carbonyl (C=O) groups excluding carboxylic acids is 1. The van der Waals surface area contributed by atoms with Crippen LogP contribution >= 0.6 is 23.2 Å². The molecule has 0 fully saturated rings. The van der Waals surface area contributed by atoms with Gasteiger partial charge in [0.1, 0.15) is 5.58 Å². The number of aryl methyl sites for hydroxylation is 1. The number of furan rings is 1. The lowest BCUT2D eigenvalue weighted by Crippen LogP contribution is -1.89.